The first-order valence-electron chi connectivity index (χ1n) is 4.14. The third kappa shape index (κ3) is 3.47. The monoisotopic (exact) mass is 230 g/mol. The number of nitrogen functional groups attached to an aromatic ring is 1. The maximum Gasteiger partial charge on any atom is 0.312 e. The van der Waals surface area contributed by atoms with Gasteiger partial charge in [0, 0.05) is 13.1 Å². The molecule has 0 aliphatic carbocycles. The molecule has 0 aliphatic heterocycles. The van der Waals surface area contributed by atoms with Crippen molar-refractivity contribution in [3.05, 3.63) is 11.3 Å². The van der Waals surface area contributed by atoms with Crippen molar-refractivity contribution >= 4 is 29.3 Å². The van der Waals surface area contributed by atoms with Gasteiger partial charge in [-0.1, -0.05) is 11.6 Å². The van der Waals surface area contributed by atoms with E-state index < -0.39 is 6.03 Å². The lowest BCUT2D eigenvalue weighted by Gasteiger charge is -2.07. The molecule has 1 aromatic heterocycles. The SMILES string of the molecule is NC(=O)NCCNc1ncnc(N)c1Cl. The van der Waals surface area contributed by atoms with E-state index in [9.17, 15) is 4.79 Å². The highest BCUT2D eigenvalue weighted by molar-refractivity contribution is 6.35. The van der Waals surface area contributed by atoms with Gasteiger partial charge in [0.2, 0.25) is 0 Å². The van der Waals surface area contributed by atoms with Crippen molar-refractivity contribution in [2.45, 2.75) is 0 Å². The molecule has 0 saturated heterocycles. The van der Waals surface area contributed by atoms with E-state index >= 15 is 0 Å². The molecule has 0 fully saturated rings. The molecule has 0 radical (unpaired) electrons. The molecule has 1 aromatic rings. The molecule has 0 aliphatic rings. The Hall–Kier alpha value is -1.76. The van der Waals surface area contributed by atoms with E-state index in [1.165, 1.54) is 6.33 Å². The van der Waals surface area contributed by atoms with Crippen molar-refractivity contribution in [3.8, 4) is 0 Å². The van der Waals surface area contributed by atoms with Crippen LogP contribution in [0.5, 0.6) is 0 Å². The number of aromatic nitrogens is 2. The van der Waals surface area contributed by atoms with Crippen LogP contribution in [0.2, 0.25) is 5.02 Å². The molecule has 1 heterocycles. The molecule has 6 N–H and O–H groups in total. The highest BCUT2D eigenvalue weighted by atomic mass is 35.5. The Morgan fingerprint density at radius 3 is 2.87 bits per heavy atom. The van der Waals surface area contributed by atoms with Crippen molar-refractivity contribution in [2.75, 3.05) is 24.1 Å². The lowest BCUT2D eigenvalue weighted by Crippen LogP contribution is -2.33. The average Bonchev–Trinajstić information content (AvgIpc) is 2.18. The molecule has 0 aromatic carbocycles. The molecular formula is C7H11ClN6O. The van der Waals surface area contributed by atoms with Crippen LogP contribution in [-0.4, -0.2) is 29.1 Å². The number of carbonyl (C=O) groups excluding carboxylic acids is 1. The van der Waals surface area contributed by atoms with Gasteiger partial charge in [0.25, 0.3) is 0 Å². The Kier molecular flexibility index (Phi) is 3.92. The predicted molar refractivity (Wildman–Crippen MR) is 57.5 cm³/mol. The van der Waals surface area contributed by atoms with Gasteiger partial charge in [-0.25, -0.2) is 14.8 Å². The number of anilines is 2. The van der Waals surface area contributed by atoms with E-state index in [1.54, 1.807) is 0 Å². The summed E-state index contributed by atoms with van der Waals surface area (Å²) < 4.78 is 0. The molecule has 7 nitrogen and oxygen atoms in total. The summed E-state index contributed by atoms with van der Waals surface area (Å²) in [5.41, 5.74) is 10.3. The van der Waals surface area contributed by atoms with Crippen molar-refractivity contribution < 1.29 is 4.79 Å². The standard InChI is InChI=1S/C7H11ClN6O/c8-4-5(9)13-3-14-6(4)11-1-2-12-7(10)15/h3H,1-2H2,(H3,10,12,15)(H3,9,11,13,14). The first-order valence-corrected chi connectivity index (χ1v) is 4.52. The zero-order valence-electron chi connectivity index (χ0n) is 7.83. The molecule has 0 atom stereocenters. The quantitative estimate of drug-likeness (QED) is 0.534. The zero-order valence-corrected chi connectivity index (χ0v) is 8.58. The second-order valence-corrected chi connectivity index (χ2v) is 3.02. The average molecular weight is 231 g/mol. The minimum Gasteiger partial charge on any atom is -0.382 e. The van der Waals surface area contributed by atoms with Gasteiger partial charge in [-0.05, 0) is 0 Å². The summed E-state index contributed by atoms with van der Waals surface area (Å²) in [6.07, 6.45) is 1.30. The van der Waals surface area contributed by atoms with Crippen molar-refractivity contribution in [3.63, 3.8) is 0 Å². The topological polar surface area (TPSA) is 119 Å². The number of hydrogen-bond donors (Lipinski definition) is 4. The third-order valence-corrected chi connectivity index (χ3v) is 1.91. The number of rotatable bonds is 4. The third-order valence-electron chi connectivity index (χ3n) is 1.53. The van der Waals surface area contributed by atoms with E-state index in [-0.39, 0.29) is 10.8 Å². The minimum absolute atomic E-state index is 0.206. The summed E-state index contributed by atoms with van der Waals surface area (Å²) in [6.45, 7) is 0.814. The summed E-state index contributed by atoms with van der Waals surface area (Å²) in [7, 11) is 0. The fraction of sp³-hybridized carbons (Fsp3) is 0.286. The highest BCUT2D eigenvalue weighted by Gasteiger charge is 2.04. The van der Waals surface area contributed by atoms with Crippen LogP contribution in [0.1, 0.15) is 0 Å². The number of amides is 2. The van der Waals surface area contributed by atoms with Gasteiger partial charge >= 0.3 is 6.03 Å². The van der Waals surface area contributed by atoms with E-state index in [0.717, 1.165) is 0 Å². The lowest BCUT2D eigenvalue weighted by molar-refractivity contribution is 0.249. The Labute approximate surface area is 91.2 Å². The Bertz CT molecular complexity index is 357. The number of nitrogens with two attached hydrogens (primary N) is 2. The van der Waals surface area contributed by atoms with Crippen molar-refractivity contribution in [1.82, 2.24) is 15.3 Å². The highest BCUT2D eigenvalue weighted by Crippen LogP contribution is 2.22. The van der Waals surface area contributed by atoms with Crippen LogP contribution in [0.4, 0.5) is 16.4 Å². The van der Waals surface area contributed by atoms with Crippen molar-refractivity contribution in [1.29, 1.82) is 0 Å². The van der Waals surface area contributed by atoms with E-state index in [0.29, 0.717) is 18.9 Å². The van der Waals surface area contributed by atoms with Crippen LogP contribution in [0.25, 0.3) is 0 Å². The van der Waals surface area contributed by atoms with Crippen LogP contribution < -0.4 is 22.1 Å². The second-order valence-electron chi connectivity index (χ2n) is 2.64. The molecule has 0 unspecified atom stereocenters. The van der Waals surface area contributed by atoms with E-state index in [1.807, 2.05) is 0 Å². The summed E-state index contributed by atoms with van der Waals surface area (Å²) in [4.78, 5) is 17.9. The first-order chi connectivity index (χ1) is 7.11. The Morgan fingerprint density at radius 1 is 1.47 bits per heavy atom. The molecule has 0 saturated carbocycles. The molecule has 0 bridgehead atoms. The van der Waals surface area contributed by atoms with Crippen LogP contribution in [0.3, 0.4) is 0 Å². The second kappa shape index (κ2) is 5.20. The van der Waals surface area contributed by atoms with Crippen LogP contribution in [0, 0.1) is 0 Å². The molecule has 8 heteroatoms. The molecule has 15 heavy (non-hydrogen) atoms. The largest absolute Gasteiger partial charge is 0.382 e. The van der Waals surface area contributed by atoms with Gasteiger partial charge in [0.1, 0.15) is 17.2 Å². The molecule has 1 rings (SSSR count). The van der Waals surface area contributed by atoms with Gasteiger partial charge in [-0.15, -0.1) is 0 Å². The fourth-order valence-corrected chi connectivity index (χ4v) is 1.04. The number of nitrogens with one attached hydrogen (secondary N) is 2. The Balaban J connectivity index is 2.44. The number of carbonyl (C=O) groups is 1. The van der Waals surface area contributed by atoms with Crippen LogP contribution in [-0.2, 0) is 0 Å². The minimum atomic E-state index is -0.579. The van der Waals surface area contributed by atoms with E-state index in [4.69, 9.17) is 23.1 Å². The predicted octanol–water partition coefficient (Wildman–Crippen LogP) is -0.208. The normalized spacial score (nSPS) is 9.67. The van der Waals surface area contributed by atoms with Crippen LogP contribution in [0.15, 0.2) is 6.33 Å². The maximum atomic E-state index is 10.3. The van der Waals surface area contributed by atoms with Crippen LogP contribution >= 0.6 is 11.6 Å². The number of hydrogen-bond acceptors (Lipinski definition) is 5. The molecule has 2 amide bonds. The van der Waals surface area contributed by atoms with Gasteiger partial charge in [-0.2, -0.15) is 0 Å². The summed E-state index contributed by atoms with van der Waals surface area (Å²) in [6, 6.07) is -0.579. The molecular weight excluding hydrogens is 220 g/mol. The van der Waals surface area contributed by atoms with Gasteiger partial charge < -0.3 is 22.1 Å². The Morgan fingerprint density at radius 2 is 2.20 bits per heavy atom. The number of urea groups is 1. The summed E-state index contributed by atoms with van der Waals surface area (Å²) in [5.74, 6) is 0.632. The molecule has 0 spiro atoms. The van der Waals surface area contributed by atoms with Gasteiger partial charge in [0.05, 0.1) is 0 Å². The van der Waals surface area contributed by atoms with Crippen molar-refractivity contribution in [2.24, 2.45) is 5.73 Å². The fourth-order valence-electron chi connectivity index (χ4n) is 0.873. The lowest BCUT2D eigenvalue weighted by atomic mass is 10.5. The molecule has 82 valence electrons. The zero-order chi connectivity index (χ0) is 11.3. The van der Waals surface area contributed by atoms with Gasteiger partial charge in [-0.3, -0.25) is 0 Å². The maximum absolute atomic E-state index is 10.3. The smallest absolute Gasteiger partial charge is 0.312 e. The number of nitrogens with zero attached hydrogens (tertiary/aromatic N) is 2. The summed E-state index contributed by atoms with van der Waals surface area (Å²) in [5, 5.41) is 5.54. The van der Waals surface area contributed by atoms with E-state index in [2.05, 4.69) is 20.6 Å². The summed E-state index contributed by atoms with van der Waals surface area (Å²) >= 11 is 5.81. The number of halogens is 1. The number of primary amides is 1. The first kappa shape index (κ1) is 11.3. The van der Waals surface area contributed by atoms with Gasteiger partial charge in [0.15, 0.2) is 5.82 Å².